The predicted octanol–water partition coefficient (Wildman–Crippen LogP) is 1.93. The molecule has 0 saturated carbocycles. The molecular formula is C8H11NOS. The average Bonchev–Trinajstić information content (AvgIpc) is 2.52. The summed E-state index contributed by atoms with van der Waals surface area (Å²) < 4.78 is 0. The third-order valence-corrected chi connectivity index (χ3v) is 2.16. The highest BCUT2D eigenvalue weighted by Gasteiger charge is 1.93. The molecule has 0 saturated heterocycles. The van der Waals surface area contributed by atoms with Crippen LogP contribution in [-0.4, -0.2) is 16.7 Å². The highest BCUT2D eigenvalue weighted by Crippen LogP contribution is 2.11. The van der Waals surface area contributed by atoms with Gasteiger partial charge in [0, 0.05) is 11.6 Å². The van der Waals surface area contributed by atoms with Crippen LogP contribution in [-0.2, 0) is 0 Å². The average molecular weight is 169 g/mol. The van der Waals surface area contributed by atoms with Crippen molar-refractivity contribution in [2.24, 2.45) is 0 Å². The Morgan fingerprint density at radius 2 is 2.64 bits per heavy atom. The maximum absolute atomic E-state index is 8.83. The van der Waals surface area contributed by atoms with Gasteiger partial charge in [-0.05, 0) is 18.1 Å². The Kier molecular flexibility index (Phi) is 3.26. The maximum atomic E-state index is 8.83. The van der Waals surface area contributed by atoms with Crippen LogP contribution in [0.3, 0.4) is 0 Å². The third kappa shape index (κ3) is 2.44. The SMILES string of the molecule is CC/C(=C/c1nccs1)CO. The molecule has 60 valence electrons. The summed E-state index contributed by atoms with van der Waals surface area (Å²) in [6, 6.07) is 0. The first kappa shape index (κ1) is 8.43. The second-order valence-electron chi connectivity index (χ2n) is 2.18. The van der Waals surface area contributed by atoms with Gasteiger partial charge in [-0.2, -0.15) is 0 Å². The molecule has 2 nitrogen and oxygen atoms in total. The maximum Gasteiger partial charge on any atom is 0.116 e. The Balaban J connectivity index is 2.71. The van der Waals surface area contributed by atoms with Crippen LogP contribution in [0.2, 0.25) is 0 Å². The Hall–Kier alpha value is -0.670. The third-order valence-electron chi connectivity index (χ3n) is 1.44. The van der Waals surface area contributed by atoms with E-state index in [1.54, 1.807) is 17.5 Å². The molecule has 0 aromatic carbocycles. The predicted molar refractivity (Wildman–Crippen MR) is 47.5 cm³/mol. The van der Waals surface area contributed by atoms with Crippen molar-refractivity contribution in [3.05, 3.63) is 22.2 Å². The van der Waals surface area contributed by atoms with E-state index in [0.29, 0.717) is 0 Å². The lowest BCUT2D eigenvalue weighted by Crippen LogP contribution is -1.87. The smallest absolute Gasteiger partial charge is 0.116 e. The zero-order valence-electron chi connectivity index (χ0n) is 6.45. The van der Waals surface area contributed by atoms with Crippen molar-refractivity contribution in [2.45, 2.75) is 13.3 Å². The zero-order chi connectivity index (χ0) is 8.10. The van der Waals surface area contributed by atoms with Crippen LogP contribution in [0.15, 0.2) is 17.2 Å². The summed E-state index contributed by atoms with van der Waals surface area (Å²) in [6.45, 7) is 2.16. The largest absolute Gasteiger partial charge is 0.392 e. The van der Waals surface area contributed by atoms with E-state index in [0.717, 1.165) is 17.0 Å². The van der Waals surface area contributed by atoms with Crippen molar-refractivity contribution in [2.75, 3.05) is 6.61 Å². The standard InChI is InChI=1S/C8H11NOS/c1-2-7(6-10)5-8-9-3-4-11-8/h3-5,10H,2,6H2,1H3/b7-5-. The van der Waals surface area contributed by atoms with Crippen molar-refractivity contribution in [3.63, 3.8) is 0 Å². The first-order valence-corrected chi connectivity index (χ1v) is 4.44. The van der Waals surface area contributed by atoms with Crippen LogP contribution >= 0.6 is 11.3 Å². The molecule has 0 radical (unpaired) electrons. The minimum atomic E-state index is 0.135. The first-order valence-electron chi connectivity index (χ1n) is 3.56. The van der Waals surface area contributed by atoms with E-state index in [1.165, 1.54) is 0 Å². The number of hydrogen-bond donors (Lipinski definition) is 1. The van der Waals surface area contributed by atoms with Crippen molar-refractivity contribution in [1.82, 2.24) is 4.98 Å². The van der Waals surface area contributed by atoms with Crippen molar-refractivity contribution in [3.8, 4) is 0 Å². The van der Waals surface area contributed by atoms with Crippen LogP contribution in [0.1, 0.15) is 18.4 Å². The lowest BCUT2D eigenvalue weighted by molar-refractivity contribution is 0.329. The minimum Gasteiger partial charge on any atom is -0.392 e. The molecular weight excluding hydrogens is 158 g/mol. The first-order chi connectivity index (χ1) is 5.36. The number of rotatable bonds is 3. The highest BCUT2D eigenvalue weighted by atomic mass is 32.1. The van der Waals surface area contributed by atoms with Gasteiger partial charge >= 0.3 is 0 Å². The topological polar surface area (TPSA) is 33.1 Å². The second kappa shape index (κ2) is 4.26. The molecule has 0 aliphatic carbocycles. The van der Waals surface area contributed by atoms with E-state index in [2.05, 4.69) is 4.98 Å². The molecule has 1 heterocycles. The minimum absolute atomic E-state index is 0.135. The van der Waals surface area contributed by atoms with E-state index < -0.39 is 0 Å². The van der Waals surface area contributed by atoms with Crippen molar-refractivity contribution in [1.29, 1.82) is 0 Å². The number of hydrogen-bond acceptors (Lipinski definition) is 3. The van der Waals surface area contributed by atoms with E-state index >= 15 is 0 Å². The summed E-state index contributed by atoms with van der Waals surface area (Å²) in [7, 11) is 0. The van der Waals surface area contributed by atoms with Gasteiger partial charge in [-0.25, -0.2) is 4.98 Å². The summed E-state index contributed by atoms with van der Waals surface area (Å²) in [5.74, 6) is 0. The molecule has 0 unspecified atom stereocenters. The summed E-state index contributed by atoms with van der Waals surface area (Å²) in [4.78, 5) is 4.08. The molecule has 1 aromatic rings. The van der Waals surface area contributed by atoms with Gasteiger partial charge in [0.1, 0.15) is 5.01 Å². The van der Waals surface area contributed by atoms with Gasteiger partial charge in [-0.3, -0.25) is 0 Å². The van der Waals surface area contributed by atoms with Crippen molar-refractivity contribution >= 4 is 17.4 Å². The van der Waals surface area contributed by atoms with Crippen LogP contribution < -0.4 is 0 Å². The molecule has 1 N–H and O–H groups in total. The normalized spacial score (nSPS) is 12.0. The lowest BCUT2D eigenvalue weighted by Gasteiger charge is -1.95. The number of nitrogens with zero attached hydrogens (tertiary/aromatic N) is 1. The van der Waals surface area contributed by atoms with Crippen LogP contribution in [0, 0.1) is 0 Å². The fourth-order valence-electron chi connectivity index (χ4n) is 0.740. The second-order valence-corrected chi connectivity index (χ2v) is 3.11. The van der Waals surface area contributed by atoms with E-state index in [4.69, 9.17) is 5.11 Å². The quantitative estimate of drug-likeness (QED) is 0.750. The van der Waals surface area contributed by atoms with Crippen LogP contribution in [0.25, 0.3) is 6.08 Å². The molecule has 0 aliphatic heterocycles. The Labute approximate surface area is 70.2 Å². The molecule has 11 heavy (non-hydrogen) atoms. The molecule has 0 aliphatic rings. The summed E-state index contributed by atoms with van der Waals surface area (Å²) in [5.41, 5.74) is 1.03. The zero-order valence-corrected chi connectivity index (χ0v) is 7.27. The number of thiazole rings is 1. The van der Waals surface area contributed by atoms with Crippen LogP contribution in [0.5, 0.6) is 0 Å². The molecule has 0 bridgehead atoms. The number of aliphatic hydroxyl groups excluding tert-OH is 1. The summed E-state index contributed by atoms with van der Waals surface area (Å²) in [5, 5.41) is 11.7. The van der Waals surface area contributed by atoms with Gasteiger partial charge in [0.05, 0.1) is 6.61 Å². The molecule has 0 atom stereocenters. The molecule has 0 spiro atoms. The lowest BCUT2D eigenvalue weighted by atomic mass is 10.2. The fourth-order valence-corrected chi connectivity index (χ4v) is 1.36. The molecule has 1 rings (SSSR count). The number of aliphatic hydroxyl groups is 1. The molecule has 1 aromatic heterocycles. The molecule has 3 heteroatoms. The Morgan fingerprint density at radius 1 is 1.82 bits per heavy atom. The summed E-state index contributed by atoms with van der Waals surface area (Å²) >= 11 is 1.58. The van der Waals surface area contributed by atoms with E-state index in [-0.39, 0.29) is 6.61 Å². The van der Waals surface area contributed by atoms with E-state index in [9.17, 15) is 0 Å². The molecule has 0 fully saturated rings. The fraction of sp³-hybridized carbons (Fsp3) is 0.375. The Morgan fingerprint density at radius 3 is 3.09 bits per heavy atom. The molecule has 0 amide bonds. The van der Waals surface area contributed by atoms with E-state index in [1.807, 2.05) is 18.4 Å². The van der Waals surface area contributed by atoms with Gasteiger partial charge in [-0.1, -0.05) is 6.92 Å². The monoisotopic (exact) mass is 169 g/mol. The van der Waals surface area contributed by atoms with Gasteiger partial charge in [0.25, 0.3) is 0 Å². The Bertz CT molecular complexity index is 222. The van der Waals surface area contributed by atoms with Gasteiger partial charge in [0.15, 0.2) is 0 Å². The van der Waals surface area contributed by atoms with Crippen molar-refractivity contribution < 1.29 is 5.11 Å². The summed E-state index contributed by atoms with van der Waals surface area (Å²) in [6.07, 6.45) is 4.59. The number of aromatic nitrogens is 1. The van der Waals surface area contributed by atoms with Gasteiger partial charge in [-0.15, -0.1) is 11.3 Å². The van der Waals surface area contributed by atoms with Gasteiger partial charge < -0.3 is 5.11 Å². The van der Waals surface area contributed by atoms with Crippen LogP contribution in [0.4, 0.5) is 0 Å². The highest BCUT2D eigenvalue weighted by molar-refractivity contribution is 7.10. The van der Waals surface area contributed by atoms with Gasteiger partial charge in [0.2, 0.25) is 0 Å².